The van der Waals surface area contributed by atoms with Gasteiger partial charge in [-0.15, -0.1) is 0 Å². The van der Waals surface area contributed by atoms with Gasteiger partial charge >= 0.3 is 0 Å². The molecule has 0 saturated carbocycles. The number of aromatic nitrogens is 2. The zero-order valence-electron chi connectivity index (χ0n) is 6.53. The topological polar surface area (TPSA) is 37.8 Å². The number of hydrogen-bond acceptors (Lipinski definition) is 3. The van der Waals surface area contributed by atoms with Crippen molar-refractivity contribution in [3.63, 3.8) is 0 Å². The van der Waals surface area contributed by atoms with Gasteiger partial charge in [0.1, 0.15) is 0 Å². The smallest absolute Gasteiger partial charge is 0.0496 e. The minimum absolute atomic E-state index is 1.25. The molecule has 0 amide bonds. The first kappa shape index (κ1) is 8.14. The fourth-order valence-electron chi connectivity index (χ4n) is 0.878. The third-order valence-electron chi connectivity index (χ3n) is 1.44. The Balaban J connectivity index is 0.000000112. The van der Waals surface area contributed by atoms with Gasteiger partial charge in [0.05, 0.1) is 0 Å². The maximum absolute atomic E-state index is 3.53. The Morgan fingerprint density at radius 3 is 1.64 bits per heavy atom. The molecule has 2 heterocycles. The van der Waals surface area contributed by atoms with Crippen molar-refractivity contribution in [2.24, 2.45) is 0 Å². The van der Waals surface area contributed by atoms with Gasteiger partial charge in [-0.05, 0) is 38.1 Å². The van der Waals surface area contributed by atoms with Crippen molar-refractivity contribution in [1.29, 1.82) is 0 Å². The van der Waals surface area contributed by atoms with E-state index >= 15 is 0 Å². The highest BCUT2D eigenvalue weighted by molar-refractivity contribution is 4.79. The molecule has 1 aliphatic heterocycles. The minimum Gasteiger partial charge on any atom is -0.317 e. The van der Waals surface area contributed by atoms with Gasteiger partial charge in [0, 0.05) is 12.4 Å². The molecule has 3 nitrogen and oxygen atoms in total. The number of hydrogen-bond donors (Lipinski definition) is 1. The van der Waals surface area contributed by atoms with Gasteiger partial charge in [-0.3, -0.25) is 0 Å². The maximum Gasteiger partial charge on any atom is 0.0496 e. The fraction of sp³-hybridized carbons (Fsp3) is 0.500. The number of nitrogens with zero attached hydrogens (tertiary/aromatic N) is 2. The summed E-state index contributed by atoms with van der Waals surface area (Å²) < 4.78 is 0. The summed E-state index contributed by atoms with van der Waals surface area (Å²) in [4.78, 5) is 0. The molecule has 1 fully saturated rings. The Kier molecular flexibility index (Phi) is 4.29. The molecule has 0 unspecified atom stereocenters. The van der Waals surface area contributed by atoms with Crippen LogP contribution in [0.3, 0.4) is 0 Å². The molecule has 0 spiro atoms. The quantitative estimate of drug-likeness (QED) is 0.597. The summed E-state index contributed by atoms with van der Waals surface area (Å²) in [5, 5.41) is 10.3. The van der Waals surface area contributed by atoms with Crippen LogP contribution < -0.4 is 5.32 Å². The predicted molar refractivity (Wildman–Crippen MR) is 44.1 cm³/mol. The third-order valence-corrected chi connectivity index (χ3v) is 1.44. The van der Waals surface area contributed by atoms with Gasteiger partial charge < -0.3 is 5.32 Å². The Morgan fingerprint density at radius 2 is 1.45 bits per heavy atom. The van der Waals surface area contributed by atoms with E-state index < -0.39 is 0 Å². The summed E-state index contributed by atoms with van der Waals surface area (Å²) in [6.45, 7) is 2.50. The van der Waals surface area contributed by atoms with Crippen LogP contribution in [0.25, 0.3) is 0 Å². The van der Waals surface area contributed by atoms with E-state index in [9.17, 15) is 0 Å². The first-order valence-corrected chi connectivity index (χ1v) is 3.92. The van der Waals surface area contributed by atoms with E-state index in [1.807, 2.05) is 12.1 Å². The summed E-state index contributed by atoms with van der Waals surface area (Å²) >= 11 is 0. The molecule has 1 aromatic rings. The predicted octanol–water partition coefficient (Wildman–Crippen LogP) is 0.846. The largest absolute Gasteiger partial charge is 0.317 e. The van der Waals surface area contributed by atoms with Crippen LogP contribution in [0.5, 0.6) is 0 Å². The summed E-state index contributed by atoms with van der Waals surface area (Å²) in [5.41, 5.74) is 0. The first-order chi connectivity index (χ1) is 5.50. The van der Waals surface area contributed by atoms with Gasteiger partial charge in [0.2, 0.25) is 0 Å². The van der Waals surface area contributed by atoms with Gasteiger partial charge in [0.15, 0.2) is 0 Å². The Hall–Kier alpha value is -0.960. The van der Waals surface area contributed by atoms with E-state index in [1.54, 1.807) is 12.4 Å². The average Bonchev–Trinajstić information content (AvgIpc) is 2.64. The summed E-state index contributed by atoms with van der Waals surface area (Å²) in [5.74, 6) is 0. The Morgan fingerprint density at radius 1 is 0.909 bits per heavy atom. The minimum atomic E-state index is 1.25. The SMILES string of the molecule is C1CCNC1.c1ccnnc1. The van der Waals surface area contributed by atoms with Gasteiger partial charge in [-0.2, -0.15) is 10.2 Å². The van der Waals surface area contributed by atoms with E-state index in [2.05, 4.69) is 15.5 Å². The van der Waals surface area contributed by atoms with E-state index in [0.29, 0.717) is 0 Å². The first-order valence-electron chi connectivity index (χ1n) is 3.92. The molecular weight excluding hydrogens is 138 g/mol. The van der Waals surface area contributed by atoms with Crippen molar-refractivity contribution < 1.29 is 0 Å². The van der Waals surface area contributed by atoms with E-state index in [1.165, 1.54) is 25.9 Å². The monoisotopic (exact) mass is 151 g/mol. The van der Waals surface area contributed by atoms with E-state index in [0.717, 1.165) is 0 Å². The molecule has 0 radical (unpaired) electrons. The molecule has 0 aromatic carbocycles. The molecule has 60 valence electrons. The lowest BCUT2D eigenvalue weighted by atomic mass is 10.4. The Bertz CT molecular complexity index is 126. The van der Waals surface area contributed by atoms with Crippen molar-refractivity contribution in [2.75, 3.05) is 13.1 Å². The van der Waals surface area contributed by atoms with Gasteiger partial charge in [0.25, 0.3) is 0 Å². The summed E-state index contributed by atoms with van der Waals surface area (Å²) in [6, 6.07) is 3.65. The van der Waals surface area contributed by atoms with Crippen LogP contribution in [0.1, 0.15) is 12.8 Å². The molecule has 3 heteroatoms. The Labute approximate surface area is 66.8 Å². The fourth-order valence-corrected chi connectivity index (χ4v) is 0.878. The molecule has 2 rings (SSSR count). The molecule has 0 aliphatic carbocycles. The van der Waals surface area contributed by atoms with Crippen molar-refractivity contribution >= 4 is 0 Å². The van der Waals surface area contributed by atoms with Crippen LogP contribution in [0, 0.1) is 0 Å². The van der Waals surface area contributed by atoms with Crippen molar-refractivity contribution in [3.05, 3.63) is 24.5 Å². The standard InChI is InChI=1S/C4H4N2.C4H9N/c1-2-4-6-5-3-1;1-2-4-5-3-1/h1-4H;5H,1-4H2. The highest BCUT2D eigenvalue weighted by Crippen LogP contribution is 1.90. The zero-order valence-corrected chi connectivity index (χ0v) is 6.53. The van der Waals surface area contributed by atoms with Crippen molar-refractivity contribution in [2.45, 2.75) is 12.8 Å². The van der Waals surface area contributed by atoms with Crippen LogP contribution in [0.4, 0.5) is 0 Å². The lowest BCUT2D eigenvalue weighted by Gasteiger charge is -1.76. The molecule has 1 aromatic heterocycles. The highest BCUT2D eigenvalue weighted by atomic mass is 15.1. The van der Waals surface area contributed by atoms with Crippen molar-refractivity contribution in [3.8, 4) is 0 Å². The van der Waals surface area contributed by atoms with E-state index in [-0.39, 0.29) is 0 Å². The second kappa shape index (κ2) is 5.80. The molecule has 1 N–H and O–H groups in total. The van der Waals surface area contributed by atoms with Crippen LogP contribution >= 0.6 is 0 Å². The van der Waals surface area contributed by atoms with Crippen LogP contribution in [0.15, 0.2) is 24.5 Å². The summed E-state index contributed by atoms with van der Waals surface area (Å²) in [7, 11) is 0. The zero-order chi connectivity index (χ0) is 7.78. The lowest BCUT2D eigenvalue weighted by molar-refractivity contribution is 0.857. The maximum atomic E-state index is 3.53. The molecule has 1 saturated heterocycles. The van der Waals surface area contributed by atoms with Gasteiger partial charge in [-0.25, -0.2) is 0 Å². The number of rotatable bonds is 0. The molecule has 11 heavy (non-hydrogen) atoms. The normalized spacial score (nSPS) is 15.3. The second-order valence-electron chi connectivity index (χ2n) is 2.37. The van der Waals surface area contributed by atoms with Crippen LogP contribution in [-0.4, -0.2) is 23.3 Å². The van der Waals surface area contributed by atoms with Crippen LogP contribution in [0.2, 0.25) is 0 Å². The summed E-state index contributed by atoms with van der Waals surface area (Å²) in [6.07, 6.45) is 6.06. The molecule has 0 bridgehead atoms. The van der Waals surface area contributed by atoms with Gasteiger partial charge in [-0.1, -0.05) is 0 Å². The molecule has 0 atom stereocenters. The third kappa shape index (κ3) is 4.44. The highest BCUT2D eigenvalue weighted by Gasteiger charge is 1.93. The number of nitrogens with one attached hydrogen (secondary N) is 1. The van der Waals surface area contributed by atoms with E-state index in [4.69, 9.17) is 0 Å². The average molecular weight is 151 g/mol. The second-order valence-corrected chi connectivity index (χ2v) is 2.37. The van der Waals surface area contributed by atoms with Crippen LogP contribution in [-0.2, 0) is 0 Å². The van der Waals surface area contributed by atoms with Crippen molar-refractivity contribution in [1.82, 2.24) is 15.5 Å². The lowest BCUT2D eigenvalue weighted by Crippen LogP contribution is -2.03. The molecular formula is C8H13N3. The molecule has 1 aliphatic rings.